The minimum absolute atomic E-state index is 0.203. The normalized spacial score (nSPS) is 10.3. The van der Waals surface area contributed by atoms with E-state index < -0.39 is 17.9 Å². The lowest BCUT2D eigenvalue weighted by Crippen LogP contribution is -1.88. The van der Waals surface area contributed by atoms with Gasteiger partial charge in [0.15, 0.2) is 24.1 Å². The number of hydrogen-bond acceptors (Lipinski definition) is 3. The van der Waals surface area contributed by atoms with Gasteiger partial charge in [-0.15, -0.1) is 0 Å². The van der Waals surface area contributed by atoms with E-state index in [1.54, 1.807) is 0 Å². The van der Waals surface area contributed by atoms with Crippen LogP contribution in [0.15, 0.2) is 10.8 Å². The summed E-state index contributed by atoms with van der Waals surface area (Å²) in [4.78, 5) is 13.1. The third kappa shape index (κ3) is 1.02. The monoisotopic (exact) mass is 147 g/mol. The Bertz CT molecular complexity index is 233. The molecule has 1 rings (SSSR count). The molecule has 0 aromatic carbocycles. The molecule has 0 N–H and O–H groups in total. The summed E-state index contributed by atoms with van der Waals surface area (Å²) in [5.41, 5.74) is -0.602. The summed E-state index contributed by atoms with van der Waals surface area (Å²) in [5.74, 6) is -0.407. The van der Waals surface area contributed by atoms with E-state index >= 15 is 0 Å². The molecule has 0 saturated heterocycles. The smallest absolute Gasteiger partial charge is 0.284 e. The van der Waals surface area contributed by atoms with Gasteiger partial charge in [0, 0.05) is 0 Å². The first-order chi connectivity index (χ1) is 4.75. The molecule has 10 heavy (non-hydrogen) atoms. The van der Waals surface area contributed by atoms with E-state index in [0.29, 0.717) is 0 Å². The van der Waals surface area contributed by atoms with Crippen LogP contribution in [0.5, 0.6) is 0 Å². The predicted octanol–water partition coefficient (Wildman–Crippen LogP) is 1.42. The zero-order chi connectivity index (χ0) is 7.56. The van der Waals surface area contributed by atoms with Crippen LogP contribution in [-0.2, 0) is 0 Å². The second-order valence-corrected chi connectivity index (χ2v) is 1.52. The third-order valence-corrected chi connectivity index (χ3v) is 0.938. The number of halogens is 2. The van der Waals surface area contributed by atoms with Gasteiger partial charge >= 0.3 is 0 Å². The first-order valence-corrected chi connectivity index (χ1v) is 2.42. The van der Waals surface area contributed by atoms with Gasteiger partial charge in [-0.05, 0) is 0 Å². The lowest BCUT2D eigenvalue weighted by atomic mass is 10.4. The van der Waals surface area contributed by atoms with Gasteiger partial charge in [0.2, 0.25) is 0 Å². The van der Waals surface area contributed by atoms with Crippen LogP contribution >= 0.6 is 0 Å². The van der Waals surface area contributed by atoms with E-state index in [-0.39, 0.29) is 6.29 Å². The summed E-state index contributed by atoms with van der Waals surface area (Å²) in [7, 11) is 0. The number of aromatic nitrogens is 1. The molecule has 0 bridgehead atoms. The van der Waals surface area contributed by atoms with Gasteiger partial charge in [0.25, 0.3) is 6.43 Å². The van der Waals surface area contributed by atoms with Crippen molar-refractivity contribution in [3.8, 4) is 0 Å². The van der Waals surface area contributed by atoms with Crippen LogP contribution in [0.2, 0.25) is 0 Å². The topological polar surface area (TPSA) is 43.1 Å². The molecule has 0 spiro atoms. The van der Waals surface area contributed by atoms with Crippen LogP contribution in [0.3, 0.4) is 0 Å². The number of carbonyl (C=O) groups is 1. The van der Waals surface area contributed by atoms with E-state index in [9.17, 15) is 13.6 Å². The van der Waals surface area contributed by atoms with E-state index in [1.165, 1.54) is 0 Å². The van der Waals surface area contributed by atoms with Crippen molar-refractivity contribution in [3.63, 3.8) is 0 Å². The summed E-state index contributed by atoms with van der Waals surface area (Å²) in [6.45, 7) is 0. The van der Waals surface area contributed by atoms with Crippen LogP contribution in [0.1, 0.15) is 22.7 Å². The standard InChI is InChI=1S/C5H3F2NO2/c6-5(7)4-3(1-9)10-2-8-4/h1-2,5H. The summed E-state index contributed by atoms with van der Waals surface area (Å²) >= 11 is 0. The van der Waals surface area contributed by atoms with Crippen LogP contribution in [0.25, 0.3) is 0 Å². The molecule has 0 aliphatic carbocycles. The molecule has 0 aliphatic heterocycles. The number of oxazole rings is 1. The molecular formula is C5H3F2NO2. The van der Waals surface area contributed by atoms with Gasteiger partial charge < -0.3 is 4.42 Å². The quantitative estimate of drug-likeness (QED) is 0.594. The maximum absolute atomic E-state index is 11.8. The fraction of sp³-hybridized carbons (Fsp3) is 0.200. The molecule has 0 radical (unpaired) electrons. The average molecular weight is 147 g/mol. The molecule has 5 heteroatoms. The number of carbonyl (C=O) groups excluding carboxylic acids is 1. The largest absolute Gasteiger partial charge is 0.440 e. The Morgan fingerprint density at radius 1 is 1.70 bits per heavy atom. The maximum atomic E-state index is 11.8. The molecule has 0 saturated carbocycles. The zero-order valence-corrected chi connectivity index (χ0v) is 4.75. The molecule has 0 aliphatic rings. The van der Waals surface area contributed by atoms with Crippen molar-refractivity contribution < 1.29 is 18.0 Å². The van der Waals surface area contributed by atoms with Crippen molar-refractivity contribution >= 4 is 6.29 Å². The minimum atomic E-state index is -2.75. The van der Waals surface area contributed by atoms with Crippen molar-refractivity contribution in [2.75, 3.05) is 0 Å². The number of rotatable bonds is 2. The second kappa shape index (κ2) is 2.55. The minimum Gasteiger partial charge on any atom is -0.440 e. The molecule has 0 fully saturated rings. The highest BCUT2D eigenvalue weighted by Gasteiger charge is 2.16. The molecule has 0 atom stereocenters. The van der Waals surface area contributed by atoms with Crippen molar-refractivity contribution in [2.45, 2.75) is 6.43 Å². The van der Waals surface area contributed by atoms with Gasteiger partial charge in [-0.25, -0.2) is 13.8 Å². The van der Waals surface area contributed by atoms with E-state index in [0.717, 1.165) is 6.39 Å². The summed E-state index contributed by atoms with van der Waals surface area (Å²) in [6, 6.07) is 0. The lowest BCUT2D eigenvalue weighted by Gasteiger charge is -1.89. The van der Waals surface area contributed by atoms with Crippen molar-refractivity contribution in [2.24, 2.45) is 0 Å². The first kappa shape index (κ1) is 6.85. The third-order valence-electron chi connectivity index (χ3n) is 0.938. The predicted molar refractivity (Wildman–Crippen MR) is 26.8 cm³/mol. The summed E-state index contributed by atoms with van der Waals surface area (Å²) in [5, 5.41) is 0. The number of hydrogen-bond donors (Lipinski definition) is 0. The summed E-state index contributed by atoms with van der Waals surface area (Å²) < 4.78 is 27.8. The Morgan fingerprint density at radius 2 is 2.40 bits per heavy atom. The van der Waals surface area contributed by atoms with Gasteiger partial charge in [-0.1, -0.05) is 0 Å². The Kier molecular flexibility index (Phi) is 1.75. The van der Waals surface area contributed by atoms with Crippen LogP contribution in [0, 0.1) is 0 Å². The molecule has 54 valence electrons. The fourth-order valence-corrected chi connectivity index (χ4v) is 0.516. The fourth-order valence-electron chi connectivity index (χ4n) is 0.516. The van der Waals surface area contributed by atoms with Gasteiger partial charge in [-0.3, -0.25) is 4.79 Å². The molecule has 3 nitrogen and oxygen atoms in total. The van der Waals surface area contributed by atoms with E-state index in [4.69, 9.17) is 0 Å². The first-order valence-electron chi connectivity index (χ1n) is 2.42. The van der Waals surface area contributed by atoms with E-state index in [2.05, 4.69) is 9.40 Å². The second-order valence-electron chi connectivity index (χ2n) is 1.52. The average Bonchev–Trinajstić information content (AvgIpc) is 2.33. The number of aldehydes is 1. The Hall–Kier alpha value is -1.26. The SMILES string of the molecule is O=Cc1ocnc1C(F)F. The Labute approximate surface area is 54.7 Å². The highest BCUT2D eigenvalue weighted by atomic mass is 19.3. The highest BCUT2D eigenvalue weighted by Crippen LogP contribution is 2.19. The van der Waals surface area contributed by atoms with Gasteiger partial charge in [0.05, 0.1) is 0 Å². The van der Waals surface area contributed by atoms with Gasteiger partial charge in [0.1, 0.15) is 0 Å². The van der Waals surface area contributed by atoms with Crippen molar-refractivity contribution in [1.82, 2.24) is 4.98 Å². The van der Waals surface area contributed by atoms with Crippen molar-refractivity contribution in [3.05, 3.63) is 17.8 Å². The summed E-state index contributed by atoms with van der Waals surface area (Å²) in [6.07, 6.45) is -1.74. The zero-order valence-electron chi connectivity index (χ0n) is 4.75. The highest BCUT2D eigenvalue weighted by molar-refractivity contribution is 5.71. The van der Waals surface area contributed by atoms with Crippen LogP contribution in [0.4, 0.5) is 8.78 Å². The molecule has 1 aromatic heterocycles. The number of alkyl halides is 2. The number of nitrogens with zero attached hydrogens (tertiary/aromatic N) is 1. The van der Waals surface area contributed by atoms with Crippen LogP contribution < -0.4 is 0 Å². The molecule has 1 aromatic rings. The van der Waals surface area contributed by atoms with Crippen molar-refractivity contribution in [1.29, 1.82) is 0 Å². The van der Waals surface area contributed by atoms with E-state index in [1.807, 2.05) is 0 Å². The Balaban J connectivity index is 3.01. The molecular weight excluding hydrogens is 144 g/mol. The Morgan fingerprint density at radius 3 is 2.80 bits per heavy atom. The van der Waals surface area contributed by atoms with Gasteiger partial charge in [-0.2, -0.15) is 0 Å². The molecule has 0 unspecified atom stereocenters. The van der Waals surface area contributed by atoms with Crippen LogP contribution in [-0.4, -0.2) is 11.3 Å². The molecule has 0 amide bonds. The maximum Gasteiger partial charge on any atom is 0.284 e. The lowest BCUT2D eigenvalue weighted by molar-refractivity contribution is 0.107. The molecule has 1 heterocycles.